The van der Waals surface area contributed by atoms with Crippen molar-refractivity contribution in [1.82, 2.24) is 5.32 Å². The lowest BCUT2D eigenvalue weighted by Gasteiger charge is -2.10. The summed E-state index contributed by atoms with van der Waals surface area (Å²) in [7, 11) is 1.85. The Balaban J connectivity index is 3.24. The van der Waals surface area contributed by atoms with Crippen LogP contribution in [0.1, 0.15) is 16.7 Å². The van der Waals surface area contributed by atoms with E-state index < -0.39 is 0 Å². The largest absolute Gasteiger partial charge is 0.316 e. The molecule has 13 heavy (non-hydrogen) atoms. The lowest BCUT2D eigenvalue weighted by molar-refractivity contribution is 0.612. The van der Waals surface area contributed by atoms with Crippen molar-refractivity contribution < 1.29 is 4.39 Å². The molecule has 1 rings (SSSR count). The molecule has 72 valence electrons. The molecule has 0 saturated carbocycles. The van der Waals surface area contributed by atoms with Crippen LogP contribution in [-0.2, 0) is 6.54 Å². The molecule has 1 aromatic rings. The number of hydrogen-bond acceptors (Lipinski definition) is 1. The molecule has 0 bridgehead atoms. The van der Waals surface area contributed by atoms with Crippen LogP contribution in [0.2, 0.25) is 0 Å². The maximum absolute atomic E-state index is 13.3. The second-order valence-electron chi connectivity index (χ2n) is 3.11. The first-order chi connectivity index (χ1) is 6.07. The van der Waals surface area contributed by atoms with Gasteiger partial charge in [-0.05, 0) is 43.7 Å². The van der Waals surface area contributed by atoms with Gasteiger partial charge >= 0.3 is 0 Å². The van der Waals surface area contributed by atoms with E-state index in [9.17, 15) is 4.39 Å². The van der Waals surface area contributed by atoms with E-state index in [1.165, 1.54) is 0 Å². The Labute approximate surface area is 86.5 Å². The van der Waals surface area contributed by atoms with Crippen molar-refractivity contribution in [3.05, 3.63) is 33.0 Å². The van der Waals surface area contributed by atoms with Gasteiger partial charge in [0.2, 0.25) is 0 Å². The molecule has 0 fully saturated rings. The summed E-state index contributed by atoms with van der Waals surface area (Å²) in [5, 5.41) is 3.01. The van der Waals surface area contributed by atoms with Crippen molar-refractivity contribution in [3.8, 4) is 0 Å². The van der Waals surface area contributed by atoms with E-state index in [0.29, 0.717) is 12.1 Å². The first kappa shape index (κ1) is 10.7. The second kappa shape index (κ2) is 4.20. The highest BCUT2D eigenvalue weighted by Gasteiger charge is 2.09. The average Bonchev–Trinajstić information content (AvgIpc) is 2.11. The summed E-state index contributed by atoms with van der Waals surface area (Å²) in [6.45, 7) is 4.46. The Morgan fingerprint density at radius 1 is 1.38 bits per heavy atom. The van der Waals surface area contributed by atoms with Crippen LogP contribution < -0.4 is 5.32 Å². The van der Waals surface area contributed by atoms with E-state index in [4.69, 9.17) is 0 Å². The van der Waals surface area contributed by atoms with Crippen molar-refractivity contribution in [2.45, 2.75) is 20.4 Å². The monoisotopic (exact) mass is 245 g/mol. The van der Waals surface area contributed by atoms with Gasteiger partial charge in [0.25, 0.3) is 0 Å². The summed E-state index contributed by atoms with van der Waals surface area (Å²) in [5.41, 5.74) is 2.78. The molecule has 0 aliphatic heterocycles. The van der Waals surface area contributed by atoms with Crippen LogP contribution >= 0.6 is 15.9 Å². The molecule has 0 unspecified atom stereocenters. The zero-order valence-corrected chi connectivity index (χ0v) is 9.63. The van der Waals surface area contributed by atoms with Crippen LogP contribution in [-0.4, -0.2) is 7.05 Å². The van der Waals surface area contributed by atoms with Gasteiger partial charge in [0, 0.05) is 11.0 Å². The van der Waals surface area contributed by atoms with Gasteiger partial charge in [-0.25, -0.2) is 4.39 Å². The quantitative estimate of drug-likeness (QED) is 0.845. The minimum Gasteiger partial charge on any atom is -0.316 e. The van der Waals surface area contributed by atoms with Gasteiger partial charge in [-0.3, -0.25) is 0 Å². The van der Waals surface area contributed by atoms with Gasteiger partial charge in [-0.15, -0.1) is 0 Å². The number of hydrogen-bond donors (Lipinski definition) is 1. The molecule has 0 amide bonds. The summed E-state index contributed by atoms with van der Waals surface area (Å²) < 4.78 is 14.2. The summed E-state index contributed by atoms with van der Waals surface area (Å²) in [6.07, 6.45) is 0. The second-order valence-corrected chi connectivity index (χ2v) is 3.90. The fourth-order valence-electron chi connectivity index (χ4n) is 1.27. The SMILES string of the molecule is CNCc1cc(F)c(C)c(Br)c1C. The van der Waals surface area contributed by atoms with Gasteiger partial charge < -0.3 is 5.32 Å². The molecule has 0 aliphatic rings. The predicted octanol–water partition coefficient (Wildman–Crippen LogP) is 2.92. The standard InChI is InChI=1S/C10H13BrFN/c1-6-8(5-13-3)4-9(12)7(2)10(6)11/h4,13H,5H2,1-3H3. The number of halogens is 2. The van der Waals surface area contributed by atoms with Gasteiger partial charge in [0.1, 0.15) is 5.82 Å². The molecule has 1 aromatic carbocycles. The summed E-state index contributed by atoms with van der Waals surface area (Å²) >= 11 is 3.38. The average molecular weight is 246 g/mol. The lowest BCUT2D eigenvalue weighted by Crippen LogP contribution is -2.08. The molecule has 0 aliphatic carbocycles. The summed E-state index contributed by atoms with van der Waals surface area (Å²) in [5.74, 6) is -0.150. The lowest BCUT2D eigenvalue weighted by atomic mass is 10.1. The Morgan fingerprint density at radius 2 is 2.00 bits per heavy atom. The topological polar surface area (TPSA) is 12.0 Å². The van der Waals surface area contributed by atoms with Crippen LogP contribution in [0.3, 0.4) is 0 Å². The van der Waals surface area contributed by atoms with Crippen LogP contribution in [0, 0.1) is 19.7 Å². The molecule has 0 spiro atoms. The molecule has 1 nitrogen and oxygen atoms in total. The fraction of sp³-hybridized carbons (Fsp3) is 0.400. The van der Waals surface area contributed by atoms with Crippen molar-refractivity contribution in [2.75, 3.05) is 7.05 Å². The van der Waals surface area contributed by atoms with Crippen molar-refractivity contribution in [2.24, 2.45) is 0 Å². The first-order valence-electron chi connectivity index (χ1n) is 4.16. The highest BCUT2D eigenvalue weighted by atomic mass is 79.9. The molecule has 0 atom stereocenters. The molecule has 0 aromatic heterocycles. The van der Waals surface area contributed by atoms with Gasteiger partial charge in [-0.1, -0.05) is 15.9 Å². The van der Waals surface area contributed by atoms with E-state index in [0.717, 1.165) is 15.6 Å². The van der Waals surface area contributed by atoms with E-state index in [-0.39, 0.29) is 5.82 Å². The zero-order chi connectivity index (χ0) is 10.0. The van der Waals surface area contributed by atoms with E-state index in [2.05, 4.69) is 21.2 Å². The number of nitrogens with one attached hydrogen (secondary N) is 1. The third-order valence-corrected chi connectivity index (χ3v) is 3.36. The third-order valence-electron chi connectivity index (χ3n) is 2.17. The molecule has 0 heterocycles. The molecular formula is C10H13BrFN. The Morgan fingerprint density at radius 3 is 2.54 bits per heavy atom. The molecule has 0 saturated heterocycles. The highest BCUT2D eigenvalue weighted by Crippen LogP contribution is 2.26. The number of benzene rings is 1. The molecular weight excluding hydrogens is 233 g/mol. The van der Waals surface area contributed by atoms with Crippen molar-refractivity contribution >= 4 is 15.9 Å². The minimum atomic E-state index is -0.150. The third kappa shape index (κ3) is 2.09. The van der Waals surface area contributed by atoms with E-state index in [1.807, 2.05) is 14.0 Å². The summed E-state index contributed by atoms with van der Waals surface area (Å²) in [4.78, 5) is 0. The van der Waals surface area contributed by atoms with Gasteiger partial charge in [-0.2, -0.15) is 0 Å². The minimum absolute atomic E-state index is 0.150. The fourth-order valence-corrected chi connectivity index (χ4v) is 1.71. The highest BCUT2D eigenvalue weighted by molar-refractivity contribution is 9.10. The zero-order valence-electron chi connectivity index (χ0n) is 8.04. The van der Waals surface area contributed by atoms with Crippen molar-refractivity contribution in [1.29, 1.82) is 0 Å². The Kier molecular flexibility index (Phi) is 3.45. The van der Waals surface area contributed by atoms with Gasteiger partial charge in [0.15, 0.2) is 0 Å². The first-order valence-corrected chi connectivity index (χ1v) is 4.96. The van der Waals surface area contributed by atoms with Crippen LogP contribution in [0.25, 0.3) is 0 Å². The summed E-state index contributed by atoms with van der Waals surface area (Å²) in [6, 6.07) is 1.59. The Hall–Kier alpha value is -0.410. The van der Waals surface area contributed by atoms with Crippen LogP contribution in [0.5, 0.6) is 0 Å². The molecule has 0 radical (unpaired) electrons. The van der Waals surface area contributed by atoms with Crippen LogP contribution in [0.15, 0.2) is 10.5 Å². The molecule has 3 heteroatoms. The number of rotatable bonds is 2. The van der Waals surface area contributed by atoms with E-state index >= 15 is 0 Å². The maximum atomic E-state index is 13.3. The van der Waals surface area contributed by atoms with Crippen molar-refractivity contribution in [3.63, 3.8) is 0 Å². The molecule has 1 N–H and O–H groups in total. The maximum Gasteiger partial charge on any atom is 0.127 e. The van der Waals surface area contributed by atoms with Crippen LogP contribution in [0.4, 0.5) is 4.39 Å². The normalized spacial score (nSPS) is 10.5. The van der Waals surface area contributed by atoms with Gasteiger partial charge in [0.05, 0.1) is 0 Å². The Bertz CT molecular complexity index is 323. The van der Waals surface area contributed by atoms with E-state index in [1.54, 1.807) is 13.0 Å². The smallest absolute Gasteiger partial charge is 0.127 e. The predicted molar refractivity (Wildman–Crippen MR) is 56.3 cm³/mol.